The van der Waals surface area contributed by atoms with Gasteiger partial charge in [0.2, 0.25) is 0 Å². The normalized spacial score (nSPS) is 28.4. The lowest BCUT2D eigenvalue weighted by atomic mass is 9.67. The Morgan fingerprint density at radius 1 is 1.11 bits per heavy atom. The molecule has 3 atom stereocenters. The molecule has 0 saturated heterocycles. The smallest absolute Gasteiger partial charge is 0.0672 e. The lowest BCUT2D eigenvalue weighted by molar-refractivity contribution is 0.0601. The van der Waals surface area contributed by atoms with Crippen LogP contribution in [0.3, 0.4) is 0 Å². The molecule has 3 unspecified atom stereocenters. The van der Waals surface area contributed by atoms with Gasteiger partial charge in [-0.3, -0.25) is 4.90 Å². The average molecular weight is 264 g/mol. The van der Waals surface area contributed by atoms with Crippen LogP contribution in [0, 0.1) is 28.6 Å². The molecule has 110 valence electrons. The Kier molecular flexibility index (Phi) is 6.33. The molecule has 2 nitrogen and oxygen atoms in total. The van der Waals surface area contributed by atoms with E-state index >= 15 is 0 Å². The van der Waals surface area contributed by atoms with Crippen molar-refractivity contribution < 1.29 is 0 Å². The monoisotopic (exact) mass is 264 g/mol. The molecule has 1 aliphatic rings. The Hall–Kier alpha value is -0.550. The van der Waals surface area contributed by atoms with E-state index in [4.69, 9.17) is 0 Å². The molecule has 0 aromatic carbocycles. The van der Waals surface area contributed by atoms with Crippen molar-refractivity contribution in [2.45, 2.75) is 72.8 Å². The highest BCUT2D eigenvalue weighted by molar-refractivity contribution is 4.99. The van der Waals surface area contributed by atoms with Gasteiger partial charge in [0.1, 0.15) is 0 Å². The predicted octanol–water partition coefficient (Wildman–Crippen LogP) is 4.46. The maximum Gasteiger partial charge on any atom is 0.0672 e. The van der Waals surface area contributed by atoms with Gasteiger partial charge in [-0.15, -0.1) is 0 Å². The summed E-state index contributed by atoms with van der Waals surface area (Å²) < 4.78 is 0. The second-order valence-electron chi connectivity index (χ2n) is 7.21. The Morgan fingerprint density at radius 3 is 2.11 bits per heavy atom. The Morgan fingerprint density at radius 2 is 1.68 bits per heavy atom. The zero-order valence-corrected chi connectivity index (χ0v) is 13.6. The highest BCUT2D eigenvalue weighted by Gasteiger charge is 2.38. The fourth-order valence-corrected chi connectivity index (χ4v) is 3.51. The average Bonchev–Trinajstić information content (AvgIpc) is 2.36. The van der Waals surface area contributed by atoms with Crippen LogP contribution < -0.4 is 0 Å². The summed E-state index contributed by atoms with van der Waals surface area (Å²) in [5, 5.41) is 9.46. The third-order valence-corrected chi connectivity index (χ3v) is 4.70. The second-order valence-corrected chi connectivity index (χ2v) is 7.21. The molecule has 0 aromatic heterocycles. The quantitative estimate of drug-likeness (QED) is 0.733. The van der Waals surface area contributed by atoms with Gasteiger partial charge in [0.05, 0.1) is 12.0 Å². The minimum Gasteiger partial charge on any atom is -0.299 e. The summed E-state index contributed by atoms with van der Waals surface area (Å²) in [7, 11) is 0. The minimum atomic E-state index is 0.247. The van der Waals surface area contributed by atoms with Crippen molar-refractivity contribution in [3.63, 3.8) is 0 Å². The molecular formula is C17H32N2. The maximum absolute atomic E-state index is 9.46. The number of nitriles is 1. The Balaban J connectivity index is 2.81. The van der Waals surface area contributed by atoms with Crippen molar-refractivity contribution in [3.8, 4) is 6.07 Å². The molecule has 1 saturated carbocycles. The Labute approximate surface area is 120 Å². The summed E-state index contributed by atoms with van der Waals surface area (Å²) in [6.45, 7) is 13.8. The lowest BCUT2D eigenvalue weighted by Crippen LogP contribution is -2.46. The number of nitrogens with zero attached hydrogens (tertiary/aromatic N) is 2. The topological polar surface area (TPSA) is 27.0 Å². The van der Waals surface area contributed by atoms with Crippen LogP contribution in [-0.2, 0) is 0 Å². The lowest BCUT2D eigenvalue weighted by Gasteiger charge is -2.44. The maximum atomic E-state index is 9.46. The summed E-state index contributed by atoms with van der Waals surface area (Å²) in [5.74, 6) is 1.01. The second kappa shape index (κ2) is 7.29. The van der Waals surface area contributed by atoms with Gasteiger partial charge in [0, 0.05) is 6.04 Å². The first-order chi connectivity index (χ1) is 8.93. The van der Waals surface area contributed by atoms with Gasteiger partial charge >= 0.3 is 0 Å². The van der Waals surface area contributed by atoms with Crippen molar-refractivity contribution in [2.75, 3.05) is 13.1 Å². The molecule has 0 amide bonds. The molecule has 0 spiro atoms. The molecule has 19 heavy (non-hydrogen) atoms. The van der Waals surface area contributed by atoms with Gasteiger partial charge in [-0.05, 0) is 56.5 Å². The zero-order chi connectivity index (χ0) is 14.5. The molecule has 0 heterocycles. The van der Waals surface area contributed by atoms with E-state index in [-0.39, 0.29) is 5.92 Å². The standard InChI is InChI=1S/C17H32N2/c1-6-10-19(11-7-2)16-12-15(17(3,4)5)9-8-14(16)13-18/h14-16H,6-12H2,1-5H3. The van der Waals surface area contributed by atoms with Crippen molar-refractivity contribution in [1.29, 1.82) is 5.26 Å². The van der Waals surface area contributed by atoms with Crippen LogP contribution in [0.2, 0.25) is 0 Å². The van der Waals surface area contributed by atoms with Crippen LogP contribution in [0.5, 0.6) is 0 Å². The first-order valence-electron chi connectivity index (χ1n) is 8.07. The third kappa shape index (κ3) is 4.49. The summed E-state index contributed by atoms with van der Waals surface area (Å²) in [4.78, 5) is 2.59. The summed E-state index contributed by atoms with van der Waals surface area (Å²) >= 11 is 0. The van der Waals surface area contributed by atoms with Crippen LogP contribution in [0.1, 0.15) is 66.7 Å². The van der Waals surface area contributed by atoms with Crippen LogP contribution in [0.15, 0.2) is 0 Å². The minimum absolute atomic E-state index is 0.247. The van der Waals surface area contributed by atoms with Crippen molar-refractivity contribution in [1.82, 2.24) is 4.90 Å². The number of hydrogen-bond donors (Lipinski definition) is 0. The highest BCUT2D eigenvalue weighted by Crippen LogP contribution is 2.41. The first kappa shape index (κ1) is 16.5. The fourth-order valence-electron chi connectivity index (χ4n) is 3.51. The molecule has 1 rings (SSSR count). The Bertz CT molecular complexity index is 291. The van der Waals surface area contributed by atoms with Crippen molar-refractivity contribution in [2.24, 2.45) is 17.3 Å². The van der Waals surface area contributed by atoms with Gasteiger partial charge in [-0.2, -0.15) is 5.26 Å². The van der Waals surface area contributed by atoms with Crippen molar-refractivity contribution >= 4 is 0 Å². The predicted molar refractivity (Wildman–Crippen MR) is 81.8 cm³/mol. The van der Waals surface area contributed by atoms with Crippen LogP contribution in [0.4, 0.5) is 0 Å². The molecule has 0 N–H and O–H groups in total. The molecule has 0 aromatic rings. The largest absolute Gasteiger partial charge is 0.299 e. The molecule has 0 bridgehead atoms. The van der Waals surface area contributed by atoms with Gasteiger partial charge in [0.15, 0.2) is 0 Å². The van der Waals surface area contributed by atoms with E-state index in [1.807, 2.05) is 0 Å². The van der Waals surface area contributed by atoms with Gasteiger partial charge in [-0.25, -0.2) is 0 Å². The summed E-state index contributed by atoms with van der Waals surface area (Å²) in [5.41, 5.74) is 0.378. The fraction of sp³-hybridized carbons (Fsp3) is 0.941. The molecular weight excluding hydrogens is 232 g/mol. The van der Waals surface area contributed by atoms with E-state index in [1.54, 1.807) is 0 Å². The zero-order valence-electron chi connectivity index (χ0n) is 13.6. The van der Waals surface area contributed by atoms with Gasteiger partial charge in [-0.1, -0.05) is 34.6 Å². The molecule has 1 fully saturated rings. The number of hydrogen-bond acceptors (Lipinski definition) is 2. The highest BCUT2D eigenvalue weighted by atomic mass is 15.2. The van der Waals surface area contributed by atoms with E-state index in [1.165, 1.54) is 25.7 Å². The molecule has 1 aliphatic carbocycles. The number of rotatable bonds is 5. The summed E-state index contributed by atoms with van der Waals surface area (Å²) in [6, 6.07) is 3.07. The molecule has 0 radical (unpaired) electrons. The third-order valence-electron chi connectivity index (χ3n) is 4.70. The molecule has 0 aliphatic heterocycles. The van der Waals surface area contributed by atoms with E-state index in [9.17, 15) is 5.26 Å². The van der Waals surface area contributed by atoms with Gasteiger partial charge < -0.3 is 0 Å². The van der Waals surface area contributed by atoms with E-state index < -0.39 is 0 Å². The van der Waals surface area contributed by atoms with E-state index in [0.29, 0.717) is 11.5 Å². The van der Waals surface area contributed by atoms with Crippen LogP contribution in [0.25, 0.3) is 0 Å². The van der Waals surface area contributed by atoms with E-state index in [0.717, 1.165) is 25.4 Å². The first-order valence-corrected chi connectivity index (χ1v) is 8.07. The van der Waals surface area contributed by atoms with Crippen LogP contribution in [-0.4, -0.2) is 24.0 Å². The van der Waals surface area contributed by atoms with E-state index in [2.05, 4.69) is 45.6 Å². The SMILES string of the molecule is CCCN(CCC)C1CC(C(C)(C)C)CCC1C#N. The molecule has 2 heteroatoms. The van der Waals surface area contributed by atoms with Gasteiger partial charge in [0.25, 0.3) is 0 Å². The van der Waals surface area contributed by atoms with Crippen molar-refractivity contribution in [3.05, 3.63) is 0 Å². The van der Waals surface area contributed by atoms with Crippen LogP contribution >= 0.6 is 0 Å². The summed E-state index contributed by atoms with van der Waals surface area (Å²) in [6.07, 6.45) is 5.91.